The number of aromatic nitrogens is 1. The van der Waals surface area contributed by atoms with Crippen molar-refractivity contribution in [3.05, 3.63) is 52.4 Å². The van der Waals surface area contributed by atoms with Crippen molar-refractivity contribution >= 4 is 41.5 Å². The van der Waals surface area contributed by atoms with E-state index in [1.165, 1.54) is 5.56 Å². The van der Waals surface area contributed by atoms with Crippen LogP contribution in [0.1, 0.15) is 23.4 Å². The van der Waals surface area contributed by atoms with Crippen molar-refractivity contribution in [1.82, 2.24) is 20.3 Å². The molecule has 1 N–H and O–H groups in total. The third kappa shape index (κ3) is 6.63. The number of benzene rings is 1. The first-order valence-corrected chi connectivity index (χ1v) is 9.87. The van der Waals surface area contributed by atoms with Gasteiger partial charge in [0.15, 0.2) is 5.96 Å². The summed E-state index contributed by atoms with van der Waals surface area (Å²) in [5, 5.41) is 8.42. The van der Waals surface area contributed by atoms with E-state index in [0.29, 0.717) is 0 Å². The van der Waals surface area contributed by atoms with Gasteiger partial charge in [0.25, 0.3) is 0 Å². The number of nitrogens with one attached hydrogen (secondary N) is 1. The molecule has 6 nitrogen and oxygen atoms in total. The van der Waals surface area contributed by atoms with Gasteiger partial charge >= 0.3 is 0 Å². The fourth-order valence-electron chi connectivity index (χ4n) is 3.35. The molecule has 2 aromatic rings. The molecule has 28 heavy (non-hydrogen) atoms. The summed E-state index contributed by atoms with van der Waals surface area (Å²) in [6.45, 7) is 7.56. The van der Waals surface area contributed by atoms with Crippen LogP contribution in [0.3, 0.4) is 0 Å². The van der Waals surface area contributed by atoms with Gasteiger partial charge in [0.05, 0.1) is 5.69 Å². The van der Waals surface area contributed by atoms with E-state index in [0.717, 1.165) is 74.5 Å². The number of guanidine groups is 1. The standard InChI is InChI=1S/C20H28ClN5O.HI/c1-16-14-18(24-27-16)15-25-10-12-26(13-11-25)20(22-2)23-9-5-7-17-6-3-4-8-19(17)21;/h3-4,6,8,14H,5,7,9-13,15H2,1-2H3,(H,22,23);1H. The monoisotopic (exact) mass is 517 g/mol. The predicted octanol–water partition coefficient (Wildman–Crippen LogP) is 3.58. The van der Waals surface area contributed by atoms with Crippen LogP contribution in [0.5, 0.6) is 0 Å². The third-order valence-corrected chi connectivity index (χ3v) is 5.18. The number of aryl methyl sites for hydroxylation is 2. The van der Waals surface area contributed by atoms with Crippen molar-refractivity contribution in [2.24, 2.45) is 4.99 Å². The molecule has 1 fully saturated rings. The first-order chi connectivity index (χ1) is 13.2. The number of rotatable bonds is 6. The molecule has 2 heterocycles. The van der Waals surface area contributed by atoms with Crippen molar-refractivity contribution in [3.8, 4) is 0 Å². The number of piperazine rings is 1. The van der Waals surface area contributed by atoms with Crippen LogP contribution in [0.4, 0.5) is 0 Å². The minimum atomic E-state index is 0. The van der Waals surface area contributed by atoms with E-state index in [2.05, 4.69) is 31.3 Å². The second-order valence-electron chi connectivity index (χ2n) is 6.86. The lowest BCUT2D eigenvalue weighted by molar-refractivity contribution is 0.169. The van der Waals surface area contributed by atoms with E-state index in [1.807, 2.05) is 38.2 Å². The Hall–Kier alpha value is -1.32. The quantitative estimate of drug-likeness (QED) is 0.275. The second kappa shape index (κ2) is 11.6. The fourth-order valence-corrected chi connectivity index (χ4v) is 3.58. The first-order valence-electron chi connectivity index (χ1n) is 9.49. The molecule has 1 aliphatic rings. The van der Waals surface area contributed by atoms with Gasteiger partial charge in [-0.15, -0.1) is 24.0 Å². The molecule has 0 saturated carbocycles. The maximum absolute atomic E-state index is 6.22. The van der Waals surface area contributed by atoms with Crippen molar-refractivity contribution in [1.29, 1.82) is 0 Å². The van der Waals surface area contributed by atoms with Crippen molar-refractivity contribution in [2.75, 3.05) is 39.8 Å². The van der Waals surface area contributed by atoms with Crippen molar-refractivity contribution < 1.29 is 4.52 Å². The van der Waals surface area contributed by atoms with Gasteiger partial charge in [-0.2, -0.15) is 0 Å². The molecule has 1 aromatic carbocycles. The van der Waals surface area contributed by atoms with E-state index in [4.69, 9.17) is 16.1 Å². The Bertz CT molecular complexity index is 759. The zero-order valence-corrected chi connectivity index (χ0v) is 19.6. The number of aliphatic imine (C=N–C) groups is 1. The highest BCUT2D eigenvalue weighted by atomic mass is 127. The number of halogens is 2. The van der Waals surface area contributed by atoms with Gasteiger partial charge in [-0.05, 0) is 31.4 Å². The maximum Gasteiger partial charge on any atom is 0.193 e. The highest BCUT2D eigenvalue weighted by Gasteiger charge is 2.20. The fraction of sp³-hybridized carbons (Fsp3) is 0.500. The Morgan fingerprint density at radius 1 is 1.25 bits per heavy atom. The first kappa shape index (κ1) is 23.0. The molecule has 0 unspecified atom stereocenters. The topological polar surface area (TPSA) is 56.9 Å². The van der Waals surface area contributed by atoms with Gasteiger partial charge in [-0.3, -0.25) is 9.89 Å². The van der Waals surface area contributed by atoms with Crippen LogP contribution in [-0.2, 0) is 13.0 Å². The van der Waals surface area contributed by atoms with Gasteiger partial charge < -0.3 is 14.7 Å². The molecule has 0 atom stereocenters. The van der Waals surface area contributed by atoms with Gasteiger partial charge in [0.2, 0.25) is 0 Å². The lowest BCUT2D eigenvalue weighted by atomic mass is 10.1. The second-order valence-corrected chi connectivity index (χ2v) is 7.27. The van der Waals surface area contributed by atoms with E-state index in [1.54, 1.807) is 0 Å². The summed E-state index contributed by atoms with van der Waals surface area (Å²) in [6.07, 6.45) is 1.99. The molecular weight excluding hydrogens is 489 g/mol. The molecule has 1 saturated heterocycles. The minimum absolute atomic E-state index is 0. The van der Waals surface area contributed by atoms with Crippen LogP contribution in [0.25, 0.3) is 0 Å². The van der Waals surface area contributed by atoms with Gasteiger partial charge in [-0.25, -0.2) is 0 Å². The Kier molecular flexibility index (Phi) is 9.53. The lowest BCUT2D eigenvalue weighted by Gasteiger charge is -2.36. The predicted molar refractivity (Wildman–Crippen MR) is 125 cm³/mol. The maximum atomic E-state index is 6.22. The summed E-state index contributed by atoms with van der Waals surface area (Å²) >= 11 is 6.22. The Labute approximate surface area is 189 Å². The molecule has 0 amide bonds. The summed E-state index contributed by atoms with van der Waals surface area (Å²) in [5.74, 6) is 1.84. The minimum Gasteiger partial charge on any atom is -0.361 e. The SMILES string of the molecule is CN=C(NCCCc1ccccc1Cl)N1CCN(Cc2cc(C)on2)CC1.I. The summed E-state index contributed by atoms with van der Waals surface area (Å²) in [5.41, 5.74) is 2.20. The summed E-state index contributed by atoms with van der Waals surface area (Å²) in [6, 6.07) is 10.0. The van der Waals surface area contributed by atoms with Crippen LogP contribution in [0, 0.1) is 6.92 Å². The zero-order chi connectivity index (χ0) is 19.1. The van der Waals surface area contributed by atoms with Gasteiger partial charge in [0, 0.05) is 57.4 Å². The molecule has 0 bridgehead atoms. The number of nitrogens with zero attached hydrogens (tertiary/aromatic N) is 4. The molecular formula is C20H29ClIN5O. The average molecular weight is 518 g/mol. The normalized spacial score (nSPS) is 15.4. The van der Waals surface area contributed by atoms with E-state index in [-0.39, 0.29) is 24.0 Å². The summed E-state index contributed by atoms with van der Waals surface area (Å²) < 4.78 is 5.15. The zero-order valence-electron chi connectivity index (χ0n) is 16.5. The molecule has 1 aromatic heterocycles. The van der Waals surface area contributed by atoms with Crippen molar-refractivity contribution in [3.63, 3.8) is 0 Å². The third-order valence-electron chi connectivity index (χ3n) is 4.81. The van der Waals surface area contributed by atoms with Crippen LogP contribution in [-0.4, -0.2) is 60.7 Å². The average Bonchev–Trinajstić information content (AvgIpc) is 3.09. The summed E-state index contributed by atoms with van der Waals surface area (Å²) in [4.78, 5) is 9.17. The summed E-state index contributed by atoms with van der Waals surface area (Å²) in [7, 11) is 1.85. The van der Waals surface area contributed by atoms with E-state index >= 15 is 0 Å². The van der Waals surface area contributed by atoms with Crippen molar-refractivity contribution in [2.45, 2.75) is 26.3 Å². The molecule has 154 valence electrons. The Balaban J connectivity index is 0.00000280. The van der Waals surface area contributed by atoms with Crippen LogP contribution >= 0.6 is 35.6 Å². The number of hydrogen-bond donors (Lipinski definition) is 1. The molecule has 8 heteroatoms. The van der Waals surface area contributed by atoms with Gasteiger partial charge in [-0.1, -0.05) is 35.0 Å². The highest BCUT2D eigenvalue weighted by Crippen LogP contribution is 2.16. The molecule has 1 aliphatic heterocycles. The molecule has 0 radical (unpaired) electrons. The Morgan fingerprint density at radius 2 is 2.00 bits per heavy atom. The number of hydrogen-bond acceptors (Lipinski definition) is 4. The van der Waals surface area contributed by atoms with Crippen LogP contribution in [0.2, 0.25) is 5.02 Å². The van der Waals surface area contributed by atoms with Gasteiger partial charge in [0.1, 0.15) is 5.76 Å². The molecule has 0 spiro atoms. The van der Waals surface area contributed by atoms with Crippen LogP contribution < -0.4 is 5.32 Å². The largest absolute Gasteiger partial charge is 0.361 e. The van der Waals surface area contributed by atoms with E-state index in [9.17, 15) is 0 Å². The highest BCUT2D eigenvalue weighted by molar-refractivity contribution is 14.0. The lowest BCUT2D eigenvalue weighted by Crippen LogP contribution is -2.52. The van der Waals surface area contributed by atoms with Crippen LogP contribution in [0.15, 0.2) is 39.8 Å². The Morgan fingerprint density at radius 3 is 2.64 bits per heavy atom. The molecule has 0 aliphatic carbocycles. The molecule has 3 rings (SSSR count). The van der Waals surface area contributed by atoms with E-state index < -0.39 is 0 Å². The smallest absolute Gasteiger partial charge is 0.193 e.